The summed E-state index contributed by atoms with van der Waals surface area (Å²) in [5.74, 6) is 0.0725. The van der Waals surface area contributed by atoms with Crippen molar-refractivity contribution in [1.29, 1.82) is 0 Å². The number of nitrogen functional groups attached to an aromatic ring is 1. The number of rotatable bonds is 5. The van der Waals surface area contributed by atoms with Crippen LogP contribution in [0.1, 0.15) is 25.5 Å². The molecule has 22 heavy (non-hydrogen) atoms. The number of hydrogen-bond donors (Lipinski definition) is 3. The van der Waals surface area contributed by atoms with Gasteiger partial charge in [0.1, 0.15) is 0 Å². The number of H-pyrrole nitrogens is 1. The average molecular weight is 360 g/mol. The molecule has 0 fully saturated rings. The quantitative estimate of drug-likeness (QED) is 0.712. The highest BCUT2D eigenvalue weighted by Gasteiger charge is 2.20. The van der Waals surface area contributed by atoms with E-state index in [1.54, 1.807) is 25.1 Å². The van der Waals surface area contributed by atoms with Gasteiger partial charge in [-0.05, 0) is 31.5 Å². The molecule has 0 saturated carbocycles. The van der Waals surface area contributed by atoms with Crippen molar-refractivity contribution in [2.45, 2.75) is 30.3 Å². The van der Waals surface area contributed by atoms with Gasteiger partial charge in [-0.25, -0.2) is 5.10 Å². The zero-order chi connectivity index (χ0) is 16.3. The zero-order valence-electron chi connectivity index (χ0n) is 11.9. The van der Waals surface area contributed by atoms with Crippen LogP contribution < -0.4 is 11.1 Å². The normalized spacial score (nSPS) is 13.6. The summed E-state index contributed by atoms with van der Waals surface area (Å²) in [6.45, 7) is 3.62. The molecular weight excluding hydrogens is 345 g/mol. The molecule has 118 valence electrons. The second-order valence-corrected chi connectivity index (χ2v) is 6.81. The Morgan fingerprint density at radius 2 is 2.14 bits per heavy atom. The van der Waals surface area contributed by atoms with E-state index in [1.807, 2.05) is 6.92 Å². The van der Waals surface area contributed by atoms with E-state index in [4.69, 9.17) is 28.9 Å². The number of thioether (sulfide) groups is 1. The SMILES string of the molecule is C[C@H](NC(=O)[C@@H](C)Sc1n[nH]c(N)n1)c1ccc(Cl)cc1Cl. The van der Waals surface area contributed by atoms with Crippen molar-refractivity contribution in [3.05, 3.63) is 33.8 Å². The topological polar surface area (TPSA) is 96.7 Å². The molecule has 0 spiro atoms. The number of carbonyl (C=O) groups is 1. The Morgan fingerprint density at radius 1 is 1.41 bits per heavy atom. The predicted octanol–water partition coefficient (Wildman–Crippen LogP) is 3.05. The molecule has 0 aliphatic heterocycles. The van der Waals surface area contributed by atoms with Crippen LogP contribution in [0.3, 0.4) is 0 Å². The van der Waals surface area contributed by atoms with Gasteiger partial charge in [0, 0.05) is 10.0 Å². The summed E-state index contributed by atoms with van der Waals surface area (Å²) in [6.07, 6.45) is 0. The summed E-state index contributed by atoms with van der Waals surface area (Å²) in [5.41, 5.74) is 6.25. The number of halogens is 2. The molecule has 2 aromatic rings. The second kappa shape index (κ2) is 7.21. The molecule has 0 bridgehead atoms. The largest absolute Gasteiger partial charge is 0.368 e. The van der Waals surface area contributed by atoms with E-state index in [0.717, 1.165) is 5.56 Å². The highest BCUT2D eigenvalue weighted by molar-refractivity contribution is 8.00. The van der Waals surface area contributed by atoms with Gasteiger partial charge in [0.15, 0.2) is 0 Å². The van der Waals surface area contributed by atoms with Crippen molar-refractivity contribution >= 4 is 46.8 Å². The summed E-state index contributed by atoms with van der Waals surface area (Å²) in [5, 5.41) is 10.4. The van der Waals surface area contributed by atoms with Crippen molar-refractivity contribution in [2.24, 2.45) is 0 Å². The van der Waals surface area contributed by atoms with Gasteiger partial charge in [-0.1, -0.05) is 41.0 Å². The van der Waals surface area contributed by atoms with E-state index in [9.17, 15) is 4.79 Å². The molecule has 1 amide bonds. The first kappa shape index (κ1) is 16.9. The fourth-order valence-corrected chi connectivity index (χ4v) is 3.10. The molecule has 0 saturated heterocycles. The number of aromatic nitrogens is 3. The molecule has 1 heterocycles. The van der Waals surface area contributed by atoms with Gasteiger partial charge in [0.05, 0.1) is 11.3 Å². The van der Waals surface area contributed by atoms with Crippen molar-refractivity contribution in [1.82, 2.24) is 20.5 Å². The number of amides is 1. The smallest absolute Gasteiger partial charge is 0.233 e. The summed E-state index contributed by atoms with van der Waals surface area (Å²) < 4.78 is 0. The van der Waals surface area contributed by atoms with Crippen molar-refractivity contribution in [3.63, 3.8) is 0 Å². The molecular formula is C13H15Cl2N5OS. The fourth-order valence-electron chi connectivity index (χ4n) is 1.78. The minimum atomic E-state index is -0.372. The number of hydrogen-bond acceptors (Lipinski definition) is 5. The molecule has 0 unspecified atom stereocenters. The van der Waals surface area contributed by atoms with Gasteiger partial charge >= 0.3 is 0 Å². The number of anilines is 1. The maximum absolute atomic E-state index is 12.2. The van der Waals surface area contributed by atoms with Crippen molar-refractivity contribution in [2.75, 3.05) is 5.73 Å². The lowest BCUT2D eigenvalue weighted by Gasteiger charge is -2.18. The van der Waals surface area contributed by atoms with E-state index in [-0.39, 0.29) is 23.1 Å². The number of aromatic amines is 1. The van der Waals surface area contributed by atoms with Crippen LogP contribution in [0.4, 0.5) is 5.95 Å². The Morgan fingerprint density at radius 3 is 2.73 bits per heavy atom. The number of nitrogens with two attached hydrogens (primary N) is 1. The number of benzene rings is 1. The third-order valence-corrected chi connectivity index (χ3v) is 4.44. The molecule has 0 aliphatic rings. The highest BCUT2D eigenvalue weighted by atomic mass is 35.5. The van der Waals surface area contributed by atoms with Gasteiger partial charge in [0.25, 0.3) is 0 Å². The zero-order valence-corrected chi connectivity index (χ0v) is 14.3. The Labute approximate surface area is 142 Å². The van der Waals surface area contributed by atoms with E-state index >= 15 is 0 Å². The van der Waals surface area contributed by atoms with E-state index in [1.165, 1.54) is 11.8 Å². The number of carbonyl (C=O) groups excluding carboxylic acids is 1. The molecule has 1 aromatic carbocycles. The maximum Gasteiger partial charge on any atom is 0.233 e. The minimum Gasteiger partial charge on any atom is -0.368 e. The minimum absolute atomic E-state index is 0.146. The van der Waals surface area contributed by atoms with Gasteiger partial charge in [-0.15, -0.1) is 5.10 Å². The lowest BCUT2D eigenvalue weighted by atomic mass is 10.1. The van der Waals surface area contributed by atoms with Crippen molar-refractivity contribution < 1.29 is 4.79 Å². The van der Waals surface area contributed by atoms with E-state index < -0.39 is 0 Å². The Kier molecular flexibility index (Phi) is 5.55. The molecule has 4 N–H and O–H groups in total. The van der Waals surface area contributed by atoms with E-state index in [2.05, 4.69) is 20.5 Å². The highest BCUT2D eigenvalue weighted by Crippen LogP contribution is 2.27. The third-order valence-electron chi connectivity index (χ3n) is 2.92. The molecule has 2 rings (SSSR count). The maximum atomic E-state index is 12.2. The van der Waals surface area contributed by atoms with Crippen LogP contribution in [0.5, 0.6) is 0 Å². The first-order valence-electron chi connectivity index (χ1n) is 6.46. The van der Waals surface area contributed by atoms with Gasteiger partial charge in [0.2, 0.25) is 17.0 Å². The second-order valence-electron chi connectivity index (χ2n) is 4.66. The van der Waals surface area contributed by atoms with Crippen molar-refractivity contribution in [3.8, 4) is 0 Å². The number of nitrogens with zero attached hydrogens (tertiary/aromatic N) is 2. The Hall–Kier alpha value is -1.44. The molecule has 9 heteroatoms. The molecule has 2 atom stereocenters. The summed E-state index contributed by atoms with van der Waals surface area (Å²) in [7, 11) is 0. The summed E-state index contributed by atoms with van der Waals surface area (Å²) >= 11 is 13.2. The summed E-state index contributed by atoms with van der Waals surface area (Å²) in [6, 6.07) is 4.94. The predicted molar refractivity (Wildman–Crippen MR) is 89.1 cm³/mol. The lowest BCUT2D eigenvalue weighted by Crippen LogP contribution is -2.33. The lowest BCUT2D eigenvalue weighted by molar-refractivity contribution is -0.120. The van der Waals surface area contributed by atoms with E-state index in [0.29, 0.717) is 15.2 Å². The molecule has 1 aromatic heterocycles. The first-order chi connectivity index (χ1) is 10.4. The van der Waals surface area contributed by atoms with Crippen LogP contribution in [0, 0.1) is 0 Å². The summed E-state index contributed by atoms with van der Waals surface area (Å²) in [4.78, 5) is 16.2. The standard InChI is InChI=1S/C13H15Cl2N5OS/c1-6(9-4-3-8(14)5-10(9)15)17-11(21)7(2)22-13-18-12(16)19-20-13/h3-7H,1-2H3,(H,17,21)(H3,16,18,19,20)/t6-,7+/m0/s1. The Bertz CT molecular complexity index is 678. The van der Waals surface area contributed by atoms with Gasteiger partial charge in [-0.3, -0.25) is 4.79 Å². The van der Waals surface area contributed by atoms with Crippen LogP contribution >= 0.6 is 35.0 Å². The molecule has 0 aliphatic carbocycles. The monoisotopic (exact) mass is 359 g/mol. The fraction of sp³-hybridized carbons (Fsp3) is 0.308. The average Bonchev–Trinajstić information content (AvgIpc) is 2.83. The Balaban J connectivity index is 1.98. The van der Waals surface area contributed by atoms with Crippen LogP contribution in [0.2, 0.25) is 10.0 Å². The van der Waals surface area contributed by atoms with Gasteiger partial charge in [-0.2, -0.15) is 4.98 Å². The molecule has 0 radical (unpaired) electrons. The molecule has 6 nitrogen and oxygen atoms in total. The number of nitrogens with one attached hydrogen (secondary N) is 2. The van der Waals surface area contributed by atoms with Crippen LogP contribution in [0.25, 0.3) is 0 Å². The van der Waals surface area contributed by atoms with Crippen LogP contribution in [0.15, 0.2) is 23.4 Å². The van der Waals surface area contributed by atoms with Gasteiger partial charge < -0.3 is 11.1 Å². The third kappa shape index (κ3) is 4.28. The van der Waals surface area contributed by atoms with Crippen LogP contribution in [-0.4, -0.2) is 26.3 Å². The first-order valence-corrected chi connectivity index (χ1v) is 8.10. The van der Waals surface area contributed by atoms with Crippen LogP contribution in [-0.2, 0) is 4.79 Å².